The fraction of sp³-hybridized carbons (Fsp3) is 0.438. The second kappa shape index (κ2) is 7.90. The molecule has 1 rings (SSSR count). The van der Waals surface area contributed by atoms with Gasteiger partial charge in [0.05, 0.1) is 25.4 Å². The summed E-state index contributed by atoms with van der Waals surface area (Å²) < 4.78 is 24.2. The van der Waals surface area contributed by atoms with Gasteiger partial charge in [-0.15, -0.1) is 0 Å². The largest absolute Gasteiger partial charge is 0.478 e. The van der Waals surface area contributed by atoms with Crippen molar-refractivity contribution in [1.29, 1.82) is 0 Å². The van der Waals surface area contributed by atoms with Crippen LogP contribution >= 0.6 is 0 Å². The van der Waals surface area contributed by atoms with Gasteiger partial charge in [0.1, 0.15) is 5.82 Å². The van der Waals surface area contributed by atoms with E-state index in [1.165, 1.54) is 18.2 Å². The lowest BCUT2D eigenvalue weighted by atomic mass is 10.1. The van der Waals surface area contributed by atoms with Crippen molar-refractivity contribution in [3.05, 3.63) is 41.2 Å². The average molecular weight is 296 g/mol. The number of hydrogen-bond acceptors (Lipinski definition) is 3. The number of halogens is 1. The maximum absolute atomic E-state index is 13.2. The van der Waals surface area contributed by atoms with Gasteiger partial charge in [-0.05, 0) is 50.1 Å². The Morgan fingerprint density at radius 3 is 2.67 bits per heavy atom. The Morgan fingerprint density at radius 1 is 1.33 bits per heavy atom. The van der Waals surface area contributed by atoms with E-state index in [1.54, 1.807) is 6.07 Å². The predicted molar refractivity (Wildman–Crippen MR) is 78.4 cm³/mol. The SMILES string of the molecule is CC(C)(C)OCCOCc1ccc(F)cc1/C=C/C(=O)O. The molecule has 0 aromatic heterocycles. The van der Waals surface area contributed by atoms with Crippen LogP contribution in [0.2, 0.25) is 0 Å². The van der Waals surface area contributed by atoms with Crippen LogP contribution in [0.4, 0.5) is 4.39 Å². The minimum Gasteiger partial charge on any atom is -0.478 e. The van der Waals surface area contributed by atoms with Gasteiger partial charge in [-0.3, -0.25) is 0 Å². The highest BCUT2D eigenvalue weighted by atomic mass is 19.1. The summed E-state index contributed by atoms with van der Waals surface area (Å²) >= 11 is 0. The normalized spacial score (nSPS) is 12.0. The van der Waals surface area contributed by atoms with Gasteiger partial charge in [0.2, 0.25) is 0 Å². The second-order valence-electron chi connectivity index (χ2n) is 5.53. The minimum absolute atomic E-state index is 0.214. The molecule has 4 nitrogen and oxygen atoms in total. The topological polar surface area (TPSA) is 55.8 Å². The molecule has 1 N–H and O–H groups in total. The third kappa shape index (κ3) is 7.58. The van der Waals surface area contributed by atoms with Crippen molar-refractivity contribution in [2.75, 3.05) is 13.2 Å². The van der Waals surface area contributed by atoms with E-state index in [0.29, 0.717) is 18.8 Å². The Labute approximate surface area is 124 Å². The maximum atomic E-state index is 13.2. The van der Waals surface area contributed by atoms with Gasteiger partial charge in [0.25, 0.3) is 0 Å². The number of hydrogen-bond donors (Lipinski definition) is 1. The molecule has 0 heterocycles. The molecule has 0 unspecified atom stereocenters. The van der Waals surface area contributed by atoms with Gasteiger partial charge in [0, 0.05) is 6.08 Å². The van der Waals surface area contributed by atoms with E-state index in [4.69, 9.17) is 14.6 Å². The van der Waals surface area contributed by atoms with Crippen molar-refractivity contribution >= 4 is 12.0 Å². The molecule has 0 bridgehead atoms. The fourth-order valence-electron chi connectivity index (χ4n) is 1.60. The van der Waals surface area contributed by atoms with Crippen LogP contribution in [0.1, 0.15) is 31.9 Å². The molecule has 0 saturated heterocycles. The molecule has 0 aliphatic heterocycles. The Bertz CT molecular complexity index is 503. The van der Waals surface area contributed by atoms with Crippen LogP contribution in [0.25, 0.3) is 6.08 Å². The monoisotopic (exact) mass is 296 g/mol. The molecule has 1 aromatic rings. The molecule has 0 aliphatic rings. The van der Waals surface area contributed by atoms with Crippen molar-refractivity contribution in [1.82, 2.24) is 0 Å². The van der Waals surface area contributed by atoms with Crippen LogP contribution in [-0.2, 0) is 20.9 Å². The fourth-order valence-corrected chi connectivity index (χ4v) is 1.60. The number of rotatable bonds is 7. The highest BCUT2D eigenvalue weighted by Crippen LogP contribution is 2.15. The second-order valence-corrected chi connectivity index (χ2v) is 5.53. The molecule has 0 spiro atoms. The van der Waals surface area contributed by atoms with Crippen molar-refractivity contribution in [2.45, 2.75) is 33.0 Å². The number of carboxylic acids is 1. The lowest BCUT2D eigenvalue weighted by Gasteiger charge is -2.19. The lowest BCUT2D eigenvalue weighted by molar-refractivity contribution is -0.131. The number of carbonyl (C=O) groups is 1. The van der Waals surface area contributed by atoms with Crippen LogP contribution in [0.5, 0.6) is 0 Å². The first-order chi connectivity index (χ1) is 9.78. The van der Waals surface area contributed by atoms with Crippen LogP contribution in [0.15, 0.2) is 24.3 Å². The van der Waals surface area contributed by atoms with Crippen LogP contribution in [0, 0.1) is 5.82 Å². The number of aliphatic carboxylic acids is 1. The summed E-state index contributed by atoms with van der Waals surface area (Å²) in [5, 5.41) is 8.63. The molecule has 0 aliphatic carbocycles. The van der Waals surface area contributed by atoms with Gasteiger partial charge in [0.15, 0.2) is 0 Å². The standard InChI is InChI=1S/C16H21FO4/c1-16(2,3)21-9-8-20-11-13-4-6-14(17)10-12(13)5-7-15(18)19/h4-7,10H,8-9,11H2,1-3H3,(H,18,19)/b7-5+. The summed E-state index contributed by atoms with van der Waals surface area (Å²) in [6.07, 6.45) is 2.33. The number of benzene rings is 1. The first-order valence-electron chi connectivity index (χ1n) is 6.69. The summed E-state index contributed by atoms with van der Waals surface area (Å²) in [6.45, 7) is 7.03. The Kier molecular flexibility index (Phi) is 6.52. The van der Waals surface area contributed by atoms with Crippen LogP contribution < -0.4 is 0 Å². The zero-order chi connectivity index (χ0) is 15.9. The predicted octanol–water partition coefficient (Wildman–Crippen LogP) is 3.26. The van der Waals surface area contributed by atoms with Gasteiger partial charge >= 0.3 is 5.97 Å². The van der Waals surface area contributed by atoms with Gasteiger partial charge in [-0.25, -0.2) is 9.18 Å². The van der Waals surface area contributed by atoms with Crippen LogP contribution in [-0.4, -0.2) is 29.9 Å². The number of carboxylic acid groups (broad SMARTS) is 1. The van der Waals surface area contributed by atoms with Crippen molar-refractivity contribution in [3.63, 3.8) is 0 Å². The van der Waals surface area contributed by atoms with E-state index in [1.807, 2.05) is 20.8 Å². The molecule has 0 saturated carbocycles. The Hall–Kier alpha value is -1.72. The van der Waals surface area contributed by atoms with E-state index >= 15 is 0 Å². The smallest absolute Gasteiger partial charge is 0.328 e. The third-order valence-corrected chi connectivity index (χ3v) is 2.53. The maximum Gasteiger partial charge on any atom is 0.328 e. The zero-order valence-corrected chi connectivity index (χ0v) is 12.6. The van der Waals surface area contributed by atoms with E-state index in [2.05, 4.69) is 0 Å². The summed E-state index contributed by atoms with van der Waals surface area (Å²) in [5.41, 5.74) is 1.01. The van der Waals surface area contributed by atoms with E-state index in [-0.39, 0.29) is 12.2 Å². The third-order valence-electron chi connectivity index (χ3n) is 2.53. The highest BCUT2D eigenvalue weighted by Gasteiger charge is 2.09. The highest BCUT2D eigenvalue weighted by molar-refractivity contribution is 5.85. The van der Waals surface area contributed by atoms with Crippen molar-refractivity contribution in [3.8, 4) is 0 Å². The lowest BCUT2D eigenvalue weighted by Crippen LogP contribution is -2.21. The molecule has 1 aromatic carbocycles. The molecular weight excluding hydrogens is 275 g/mol. The average Bonchev–Trinajstić information content (AvgIpc) is 2.36. The van der Waals surface area contributed by atoms with Crippen LogP contribution in [0.3, 0.4) is 0 Å². The molecule has 116 valence electrons. The van der Waals surface area contributed by atoms with Crippen molar-refractivity contribution < 1.29 is 23.8 Å². The molecule has 0 amide bonds. The quantitative estimate of drug-likeness (QED) is 0.620. The molecule has 21 heavy (non-hydrogen) atoms. The summed E-state index contributed by atoms with van der Waals surface area (Å²) in [5.74, 6) is -1.50. The first-order valence-corrected chi connectivity index (χ1v) is 6.69. The molecule has 0 radical (unpaired) electrons. The van der Waals surface area contributed by atoms with Crippen molar-refractivity contribution in [2.24, 2.45) is 0 Å². The summed E-state index contributed by atoms with van der Waals surface area (Å²) in [7, 11) is 0. The Balaban J connectivity index is 2.56. The molecule has 5 heteroatoms. The number of ether oxygens (including phenoxy) is 2. The van der Waals surface area contributed by atoms with Gasteiger partial charge in [-0.2, -0.15) is 0 Å². The zero-order valence-electron chi connectivity index (χ0n) is 12.6. The Morgan fingerprint density at radius 2 is 2.05 bits per heavy atom. The summed E-state index contributed by atoms with van der Waals surface area (Å²) in [4.78, 5) is 10.5. The molecular formula is C16H21FO4. The van der Waals surface area contributed by atoms with E-state index < -0.39 is 11.8 Å². The van der Waals surface area contributed by atoms with Gasteiger partial charge < -0.3 is 14.6 Å². The summed E-state index contributed by atoms with van der Waals surface area (Å²) in [6, 6.07) is 4.19. The minimum atomic E-state index is -1.08. The first kappa shape index (κ1) is 17.3. The van der Waals surface area contributed by atoms with E-state index in [0.717, 1.165) is 11.6 Å². The van der Waals surface area contributed by atoms with E-state index in [9.17, 15) is 9.18 Å². The molecule has 0 fully saturated rings. The molecule has 0 atom stereocenters. The van der Waals surface area contributed by atoms with Gasteiger partial charge in [-0.1, -0.05) is 6.07 Å².